The molecule has 6 aromatic rings. The molecular weight excluding hydrogens is 842 g/mol. The number of nitrogens with one attached hydrogen (secondary N) is 1. The number of hydrogen-bond acceptors (Lipinski definition) is 8. The minimum Gasteiger partial charge on any atom is -0.465 e. The number of benzene rings is 4. The molecule has 0 aliphatic heterocycles. The highest BCUT2D eigenvalue weighted by molar-refractivity contribution is 7.94. The van der Waals surface area contributed by atoms with Crippen molar-refractivity contribution in [2.24, 2.45) is 5.41 Å². The van der Waals surface area contributed by atoms with Crippen LogP contribution in [0.4, 0.5) is 13.6 Å². The van der Waals surface area contributed by atoms with Crippen molar-refractivity contribution in [3.63, 3.8) is 0 Å². The molecule has 0 atom stereocenters. The van der Waals surface area contributed by atoms with E-state index in [1.807, 2.05) is 27.7 Å². The largest absolute Gasteiger partial charge is 0.465 e. The molecule has 0 aliphatic carbocycles. The summed E-state index contributed by atoms with van der Waals surface area (Å²) in [7, 11) is -5.87. The molecule has 2 aromatic heterocycles. The number of carboxylic acid groups (broad SMARTS) is 1. The summed E-state index contributed by atoms with van der Waals surface area (Å²) in [6.45, 7) is 10.2. The molecule has 0 spiro atoms. The van der Waals surface area contributed by atoms with Crippen LogP contribution in [0.2, 0.25) is 0 Å². The molecule has 0 aliphatic rings. The molecule has 2 N–H and O–H groups in total. The lowest BCUT2D eigenvalue weighted by Gasteiger charge is -2.27. The third-order valence-corrected chi connectivity index (χ3v) is 16.1. The third-order valence-electron chi connectivity index (χ3n) is 8.92. The van der Waals surface area contributed by atoms with Gasteiger partial charge < -0.3 is 15.3 Å². The van der Waals surface area contributed by atoms with Gasteiger partial charge in [-0.1, -0.05) is 93.6 Å². The zero-order chi connectivity index (χ0) is 41.7. The Balaban J connectivity index is 0.000000259. The number of sulfone groups is 2. The van der Waals surface area contributed by atoms with Gasteiger partial charge in [-0.25, -0.2) is 30.4 Å². The molecule has 0 saturated heterocycles. The summed E-state index contributed by atoms with van der Waals surface area (Å²) in [5, 5.41) is 12.8. The van der Waals surface area contributed by atoms with Crippen LogP contribution < -0.4 is 5.32 Å². The van der Waals surface area contributed by atoms with Crippen molar-refractivity contribution in [2.75, 3.05) is 13.6 Å². The van der Waals surface area contributed by atoms with Gasteiger partial charge in [0.15, 0.2) is 0 Å². The molecule has 0 bridgehead atoms. The molecular formula is C43H45ClF2N2O6S4. The minimum absolute atomic E-state index is 0. The van der Waals surface area contributed by atoms with Crippen molar-refractivity contribution >= 4 is 60.8 Å². The maximum atomic E-state index is 14.8. The molecule has 0 radical (unpaired) electrons. The van der Waals surface area contributed by atoms with Gasteiger partial charge in [-0.2, -0.15) is 0 Å². The average Bonchev–Trinajstić information content (AvgIpc) is 3.68. The Kier molecular flexibility index (Phi) is 15.2. The number of hydrogen-bond donors (Lipinski definition) is 2. The smallest absolute Gasteiger partial charge is 0.407 e. The molecule has 0 saturated carbocycles. The first-order valence-corrected chi connectivity index (χ1v) is 22.5. The molecule has 0 unspecified atom stereocenters. The van der Waals surface area contributed by atoms with Gasteiger partial charge in [0.2, 0.25) is 19.7 Å². The van der Waals surface area contributed by atoms with Crippen LogP contribution in [-0.4, -0.2) is 46.5 Å². The predicted molar refractivity (Wildman–Crippen MR) is 231 cm³/mol. The van der Waals surface area contributed by atoms with E-state index in [1.54, 1.807) is 98.9 Å². The second-order valence-corrected chi connectivity index (χ2v) is 20.9. The molecule has 308 valence electrons. The Morgan fingerprint density at radius 1 is 0.672 bits per heavy atom. The van der Waals surface area contributed by atoms with E-state index in [2.05, 4.69) is 5.32 Å². The Morgan fingerprint density at radius 3 is 1.43 bits per heavy atom. The zero-order valence-electron chi connectivity index (χ0n) is 32.7. The number of rotatable bonds is 11. The number of thiophene rings is 2. The van der Waals surface area contributed by atoms with Gasteiger partial charge in [0.25, 0.3) is 0 Å². The Labute approximate surface area is 353 Å². The van der Waals surface area contributed by atoms with Gasteiger partial charge in [-0.05, 0) is 73.8 Å². The molecule has 4 aromatic carbocycles. The average molecular weight is 888 g/mol. The molecule has 58 heavy (non-hydrogen) atoms. The van der Waals surface area contributed by atoms with Crippen LogP contribution in [0, 0.1) is 30.9 Å². The fraction of sp³-hybridized carbons (Fsp3) is 0.233. The van der Waals surface area contributed by atoms with Crippen molar-refractivity contribution in [1.82, 2.24) is 10.2 Å². The van der Waals surface area contributed by atoms with Gasteiger partial charge in [-0.3, -0.25) is 0 Å². The number of amides is 1. The lowest BCUT2D eigenvalue weighted by Crippen LogP contribution is -2.36. The Bertz CT molecular complexity index is 2590. The molecule has 8 nitrogen and oxygen atoms in total. The number of halogens is 3. The first-order valence-electron chi connectivity index (χ1n) is 17.9. The maximum Gasteiger partial charge on any atom is 0.407 e. The second-order valence-electron chi connectivity index (χ2n) is 14.4. The van der Waals surface area contributed by atoms with Crippen molar-refractivity contribution in [1.29, 1.82) is 0 Å². The lowest BCUT2D eigenvalue weighted by atomic mass is 9.96. The van der Waals surface area contributed by atoms with Gasteiger partial charge in [0.1, 0.15) is 20.1 Å². The molecule has 1 amide bonds. The molecule has 15 heteroatoms. The topological polar surface area (TPSA) is 121 Å². The monoisotopic (exact) mass is 886 g/mol. The first-order chi connectivity index (χ1) is 26.9. The van der Waals surface area contributed by atoms with E-state index >= 15 is 0 Å². The van der Waals surface area contributed by atoms with Gasteiger partial charge in [0.05, 0.1) is 16.3 Å². The quantitative estimate of drug-likeness (QED) is 0.133. The van der Waals surface area contributed by atoms with E-state index in [0.29, 0.717) is 28.1 Å². The van der Waals surface area contributed by atoms with Gasteiger partial charge >= 0.3 is 6.09 Å². The Hall–Kier alpha value is -4.44. The van der Waals surface area contributed by atoms with E-state index in [9.17, 15) is 35.5 Å². The normalized spacial score (nSPS) is 11.7. The van der Waals surface area contributed by atoms with Crippen LogP contribution in [-0.2, 0) is 32.8 Å². The number of nitrogens with zero attached hydrogens (tertiary/aromatic N) is 1. The zero-order valence-corrected chi connectivity index (χ0v) is 36.8. The van der Waals surface area contributed by atoms with Crippen LogP contribution in [0.3, 0.4) is 0 Å². The van der Waals surface area contributed by atoms with Crippen LogP contribution in [0.5, 0.6) is 0 Å². The van der Waals surface area contributed by atoms with Crippen molar-refractivity contribution in [3.05, 3.63) is 142 Å². The van der Waals surface area contributed by atoms with Crippen molar-refractivity contribution < 1.29 is 35.5 Å². The van der Waals surface area contributed by atoms with E-state index in [4.69, 9.17) is 0 Å². The maximum absolute atomic E-state index is 14.8. The van der Waals surface area contributed by atoms with Crippen molar-refractivity contribution in [3.8, 4) is 22.3 Å². The molecule has 0 fully saturated rings. The second kappa shape index (κ2) is 19.1. The highest BCUT2D eigenvalue weighted by Crippen LogP contribution is 2.44. The highest BCUT2D eigenvalue weighted by atomic mass is 35.5. The van der Waals surface area contributed by atoms with E-state index in [-0.39, 0.29) is 60.2 Å². The highest BCUT2D eigenvalue weighted by Gasteiger charge is 2.32. The molecule has 6 rings (SSSR count). The third kappa shape index (κ3) is 10.2. The summed E-state index contributed by atoms with van der Waals surface area (Å²) in [5.41, 5.74) is 2.31. The fourth-order valence-electron chi connectivity index (χ4n) is 6.22. The predicted octanol–water partition coefficient (Wildman–Crippen LogP) is 11.1. The van der Waals surface area contributed by atoms with E-state index in [0.717, 1.165) is 21.8 Å². The standard InChI is InChI=1S/C24H26FNO4S2.C19H18FNO2S2.ClH/c1-16-20(14-26(23(27)28)15-24(2,3)4)31-22(21(16)18-12-8-9-13-19(18)25)32(29,30)17-10-6-5-7-11-17;1-13-17(12-21-2)24-19(18(13)15-10-6-7-11-16(15)20)25(22,23)14-8-4-3-5-9-14;/h5-13H,14-15H2,1-4H3,(H,27,28);3-11,21H,12H2,1-2H3;1H. The molecule has 2 heterocycles. The van der Waals surface area contributed by atoms with Gasteiger partial charge in [-0.15, -0.1) is 35.1 Å². The Morgan fingerprint density at radius 2 is 1.05 bits per heavy atom. The van der Waals surface area contributed by atoms with Crippen LogP contribution in [0.25, 0.3) is 22.3 Å². The van der Waals surface area contributed by atoms with Crippen LogP contribution in [0.15, 0.2) is 127 Å². The first kappa shape index (κ1) is 46.3. The van der Waals surface area contributed by atoms with Gasteiger partial charge in [0, 0.05) is 45.1 Å². The van der Waals surface area contributed by atoms with Crippen LogP contribution >= 0.6 is 35.1 Å². The summed E-state index contributed by atoms with van der Waals surface area (Å²) in [4.78, 5) is 14.9. The minimum atomic E-state index is -3.94. The summed E-state index contributed by atoms with van der Waals surface area (Å²) in [6.07, 6.45) is -1.09. The fourth-order valence-corrected chi connectivity index (χ4v) is 12.9. The van der Waals surface area contributed by atoms with Crippen molar-refractivity contribution in [2.45, 2.75) is 65.9 Å². The van der Waals surface area contributed by atoms with Crippen LogP contribution in [0.1, 0.15) is 41.7 Å². The summed E-state index contributed by atoms with van der Waals surface area (Å²) in [6, 6.07) is 28.6. The SMILES string of the molecule is CNCc1sc(S(=O)(=O)c2ccccc2)c(-c2ccccc2F)c1C.Cc1c(CN(CC(C)(C)C)C(=O)O)sc(S(=O)(=O)c2ccccc2)c1-c1ccccc1F.Cl. The summed E-state index contributed by atoms with van der Waals surface area (Å²) >= 11 is 2.20. The van der Waals surface area contributed by atoms with E-state index < -0.39 is 37.4 Å². The lowest BCUT2D eigenvalue weighted by molar-refractivity contribution is 0.123. The van der Waals surface area contributed by atoms with E-state index in [1.165, 1.54) is 40.5 Å². The summed E-state index contributed by atoms with van der Waals surface area (Å²) in [5.74, 6) is -0.960. The number of carbonyl (C=O) groups is 1. The summed E-state index contributed by atoms with van der Waals surface area (Å²) < 4.78 is 82.7.